The maximum Gasteiger partial charge on any atom is 0.424 e. The van der Waals surface area contributed by atoms with Crippen LogP contribution in [0.15, 0.2) is 115 Å². The van der Waals surface area contributed by atoms with Gasteiger partial charge in [-0.3, -0.25) is 29.3 Å². The Labute approximate surface area is 532 Å². The normalized spacial score (nSPS) is 23.4. The second kappa shape index (κ2) is 27.7. The molecule has 5 aromatic rings. The third-order valence-electron chi connectivity index (χ3n) is 17.5. The summed E-state index contributed by atoms with van der Waals surface area (Å²) in [7, 11) is 7.66. The number of hydrazine groups is 1. The Morgan fingerprint density at radius 1 is 0.868 bits per heavy atom. The van der Waals surface area contributed by atoms with Gasteiger partial charge in [0.25, 0.3) is 0 Å². The highest BCUT2D eigenvalue weighted by Gasteiger charge is 2.63. The summed E-state index contributed by atoms with van der Waals surface area (Å²) in [6.07, 6.45) is -1.41. The molecule has 25 heteroatoms. The number of benzene rings is 4. The van der Waals surface area contributed by atoms with Gasteiger partial charge in [-0.05, 0) is 91.6 Å². The van der Waals surface area contributed by atoms with Gasteiger partial charge in [-0.2, -0.15) is 0 Å². The molecular weight excluding hydrogens is 1190 g/mol. The third-order valence-corrected chi connectivity index (χ3v) is 17.9. The van der Waals surface area contributed by atoms with E-state index in [1.165, 1.54) is 44.1 Å². The van der Waals surface area contributed by atoms with Gasteiger partial charge in [0.15, 0.2) is 5.72 Å². The van der Waals surface area contributed by atoms with Crippen LogP contribution in [-0.2, 0) is 67.2 Å². The number of carbonyl (C=O) groups excluding carboxylic acids is 8. The number of likely N-dealkylation sites (N-methyl/N-ethyl adjacent to an activating group) is 1. The molecule has 6 N–H and O–H groups in total. The summed E-state index contributed by atoms with van der Waals surface area (Å²) in [6.45, 7) is 5.55. The van der Waals surface area contributed by atoms with Crippen molar-refractivity contribution in [2.45, 2.75) is 120 Å². The number of fused-ring (bicyclic) bond motifs is 10. The maximum absolute atomic E-state index is 14.4. The number of aliphatic hydroxyl groups is 2. The average Bonchev–Trinajstić information content (AvgIpc) is 1.51. The monoisotopic (exact) mass is 1270 g/mol. The highest BCUT2D eigenvalue weighted by Crippen LogP contribution is 2.51. The molecule has 7 amide bonds. The molecule has 484 valence electrons. The van der Waals surface area contributed by atoms with Crippen molar-refractivity contribution >= 4 is 75.9 Å². The molecule has 5 heterocycles. The van der Waals surface area contributed by atoms with E-state index in [1.54, 1.807) is 57.2 Å². The Morgan fingerprint density at radius 3 is 2.16 bits per heavy atom. The number of carbonyl (C=O) groups is 8. The van der Waals surface area contributed by atoms with E-state index < -0.39 is 115 Å². The minimum atomic E-state index is -2.17. The van der Waals surface area contributed by atoms with Crippen LogP contribution < -0.4 is 30.9 Å². The quantitative estimate of drug-likeness (QED) is 0.0352. The second-order valence-corrected chi connectivity index (χ2v) is 24.4. The zero-order valence-corrected chi connectivity index (χ0v) is 53.1. The van der Waals surface area contributed by atoms with Crippen LogP contribution in [0.5, 0.6) is 5.75 Å². The number of amides is 7. The average molecular weight is 1270 g/mol. The minimum Gasteiger partial charge on any atom is -0.495 e. The largest absolute Gasteiger partial charge is 0.495 e. The number of allylic oxidation sites excluding steroid dienone is 3. The number of nitrogens with one attached hydrogen (secondary N) is 4. The Kier molecular flexibility index (Phi) is 20.3. The molecule has 0 spiro atoms. The number of alkyl carbamates (subject to hydrolysis) is 1. The number of hydrogen-bond donors (Lipinski definition) is 6. The number of anilines is 1. The van der Waals surface area contributed by atoms with Crippen LogP contribution in [0.4, 0.5) is 15.3 Å². The molecule has 6 bridgehead atoms. The standard InChI is InChI=1S/C66H78ClN9O15/c1-39-17-16-24-52(77)66(86)32-54(90-62(84)71-66)65(4)38-64(3,91-65)53(31-58(81)74(7)50-28-41(27-39)29-51(87-9)60(50)67)89-61(83)40(2)73(6)59(82)35-70-57(80)34-69-56(79)33-68-55(78)25-26-76-43(30-42-18-10-15-23-49(42)76)36-72(5)75(8)63(85)88-37-48-46-21-13-11-19-44(46)45-20-12-14-22-47(45)48/h10-24,28-30,40,48,52-54,77,86H,25-27,31-38H2,1-9H3,(H,68,78)(H,69,79)(H,70,80)(H,71,84)/b24-16+,39-17+/t40-,52+,53-,54-,64+,65?,66-/m0/s1. The van der Waals surface area contributed by atoms with E-state index in [-0.39, 0.29) is 55.6 Å². The van der Waals surface area contributed by atoms with Crippen molar-refractivity contribution in [3.8, 4) is 16.9 Å². The van der Waals surface area contributed by atoms with Crippen LogP contribution in [0.3, 0.4) is 0 Å². The number of aryl methyl sites for hydroxylation is 1. The number of nitrogens with zero attached hydrogens (tertiary/aromatic N) is 5. The van der Waals surface area contributed by atoms with E-state index in [0.717, 1.165) is 49.3 Å². The Balaban J connectivity index is 0.754. The second-order valence-electron chi connectivity index (χ2n) is 24.0. The first-order valence-corrected chi connectivity index (χ1v) is 30.3. The number of halogens is 1. The van der Waals surface area contributed by atoms with Gasteiger partial charge in [-0.25, -0.2) is 24.4 Å². The molecule has 2 saturated heterocycles. The maximum atomic E-state index is 14.4. The smallest absolute Gasteiger partial charge is 0.424 e. The molecule has 0 saturated carbocycles. The molecule has 4 aromatic carbocycles. The molecule has 1 unspecified atom stereocenters. The summed E-state index contributed by atoms with van der Waals surface area (Å²) in [4.78, 5) is 110. The van der Waals surface area contributed by atoms with Crippen LogP contribution >= 0.6 is 11.6 Å². The van der Waals surface area contributed by atoms with Gasteiger partial charge in [0.2, 0.25) is 29.5 Å². The molecule has 1 aromatic heterocycles. The predicted octanol–water partition coefficient (Wildman–Crippen LogP) is 5.63. The minimum absolute atomic E-state index is 0.0121. The van der Waals surface area contributed by atoms with Gasteiger partial charge in [-0.1, -0.05) is 102 Å². The topological polar surface area (TPSA) is 289 Å². The lowest BCUT2D eigenvalue weighted by atomic mass is 9.72. The van der Waals surface area contributed by atoms with E-state index in [2.05, 4.69) is 45.5 Å². The summed E-state index contributed by atoms with van der Waals surface area (Å²) in [6, 6.07) is 28.0. The van der Waals surface area contributed by atoms with Crippen LogP contribution in [0.25, 0.3) is 22.0 Å². The fourth-order valence-electron chi connectivity index (χ4n) is 12.2. The molecule has 10 rings (SSSR count). The first-order chi connectivity index (χ1) is 43.2. The number of rotatable bonds is 18. The SMILES string of the molecule is COc1cc2cc(c1Cl)N(C)C(=O)C[C@H](OC(=O)[C@H](C)N(C)C(=O)CNC(=O)CNC(=O)CNC(=O)CCn1c(CN(C)N(C)C(=O)OCC3c4ccccc4-c4ccccc43)cc3ccccc31)[C@@]1(C)CC(C)(O1)[C@@H]1C[C@@](O)(NC(=O)O1)[C@H](O)/C=C/C=C(\C)C2. The lowest BCUT2D eigenvalue weighted by molar-refractivity contribution is -0.328. The molecule has 2 fully saturated rings. The summed E-state index contributed by atoms with van der Waals surface area (Å²) in [5.41, 5.74) is 3.04. The lowest BCUT2D eigenvalue weighted by Gasteiger charge is -2.59. The highest BCUT2D eigenvalue weighted by molar-refractivity contribution is 6.35. The third kappa shape index (κ3) is 14.8. The molecule has 4 aliphatic heterocycles. The van der Waals surface area contributed by atoms with Gasteiger partial charge >= 0.3 is 18.2 Å². The van der Waals surface area contributed by atoms with Gasteiger partial charge in [0.05, 0.1) is 45.4 Å². The van der Waals surface area contributed by atoms with Gasteiger partial charge in [0, 0.05) is 71.1 Å². The fourth-order valence-corrected chi connectivity index (χ4v) is 12.5. The van der Waals surface area contributed by atoms with Crippen molar-refractivity contribution in [3.05, 3.63) is 142 Å². The van der Waals surface area contributed by atoms with E-state index in [9.17, 15) is 48.6 Å². The zero-order valence-electron chi connectivity index (χ0n) is 52.4. The Bertz CT molecular complexity index is 3650. The molecule has 1 aliphatic carbocycles. The highest BCUT2D eigenvalue weighted by atomic mass is 35.5. The van der Waals surface area contributed by atoms with Gasteiger partial charge in [0.1, 0.15) is 52.9 Å². The molecule has 24 nitrogen and oxygen atoms in total. The number of aromatic nitrogens is 1. The fraction of sp³-hybridized carbons (Fsp3) is 0.424. The lowest BCUT2D eigenvalue weighted by Crippen LogP contribution is -2.72. The molecule has 7 atom stereocenters. The number of ether oxygens (including phenoxy) is 5. The number of para-hydroxylation sites is 1. The van der Waals surface area contributed by atoms with E-state index >= 15 is 0 Å². The Hall–Kier alpha value is -8.81. The van der Waals surface area contributed by atoms with Crippen LogP contribution in [-0.4, -0.2) is 180 Å². The van der Waals surface area contributed by atoms with Crippen LogP contribution in [0.2, 0.25) is 5.02 Å². The number of esters is 1. The number of hydrogen-bond acceptors (Lipinski definition) is 16. The Morgan fingerprint density at radius 2 is 1.49 bits per heavy atom. The van der Waals surface area contributed by atoms with E-state index in [0.29, 0.717) is 17.7 Å². The van der Waals surface area contributed by atoms with Crippen molar-refractivity contribution in [1.82, 2.24) is 40.8 Å². The van der Waals surface area contributed by atoms with Crippen molar-refractivity contribution in [3.63, 3.8) is 0 Å². The predicted molar refractivity (Wildman–Crippen MR) is 336 cm³/mol. The molecular formula is C66H78ClN9O15. The van der Waals surface area contributed by atoms with Crippen LogP contribution in [0.1, 0.15) is 81.7 Å². The van der Waals surface area contributed by atoms with Crippen LogP contribution in [0, 0.1) is 0 Å². The molecule has 0 radical (unpaired) electrons. The summed E-state index contributed by atoms with van der Waals surface area (Å²) in [5.74, 6) is -3.89. The first-order valence-electron chi connectivity index (χ1n) is 29.9. The van der Waals surface area contributed by atoms with E-state index in [4.69, 9.17) is 35.3 Å². The number of aliphatic hydroxyl groups excluding tert-OH is 1. The van der Waals surface area contributed by atoms with Crippen molar-refractivity contribution < 1.29 is 72.3 Å². The van der Waals surface area contributed by atoms with Gasteiger partial charge in [-0.15, -0.1) is 0 Å². The summed E-state index contributed by atoms with van der Waals surface area (Å²) in [5, 5.41) is 36.7. The summed E-state index contributed by atoms with van der Waals surface area (Å²) >= 11 is 6.80. The molecule has 5 aliphatic rings. The first kappa shape index (κ1) is 66.6. The van der Waals surface area contributed by atoms with Crippen molar-refractivity contribution in [1.29, 1.82) is 0 Å². The van der Waals surface area contributed by atoms with E-state index in [1.807, 2.05) is 66.1 Å². The van der Waals surface area contributed by atoms with Crippen molar-refractivity contribution in [2.75, 3.05) is 66.4 Å². The molecule has 91 heavy (non-hydrogen) atoms. The van der Waals surface area contributed by atoms with Gasteiger partial charge < -0.3 is 64.2 Å². The van der Waals surface area contributed by atoms with Crippen molar-refractivity contribution in [2.24, 2.45) is 0 Å². The zero-order chi connectivity index (χ0) is 65.7. The summed E-state index contributed by atoms with van der Waals surface area (Å²) < 4.78 is 31.6. The number of methoxy groups -OCH3 is 1.